The molecule has 5 aliphatic heterocycles. The molecule has 8 rings (SSSR count). The second-order valence-electron chi connectivity index (χ2n) is 21.7. The predicted octanol–water partition coefficient (Wildman–Crippen LogP) is 7.44. The fourth-order valence-electron chi connectivity index (χ4n) is 10.5. The van der Waals surface area contributed by atoms with Crippen LogP contribution in [0.3, 0.4) is 0 Å². The number of carbonyl (C=O) groups excluding carboxylic acids is 6. The number of rotatable bonds is 11. The van der Waals surface area contributed by atoms with E-state index in [9.17, 15) is 39.3 Å². The maximum absolute atomic E-state index is 15.1. The second-order valence-corrected chi connectivity index (χ2v) is 21.7. The summed E-state index contributed by atoms with van der Waals surface area (Å²) in [6.07, 6.45) is 5.70. The van der Waals surface area contributed by atoms with Gasteiger partial charge in [-0.05, 0) is 50.5 Å². The lowest BCUT2D eigenvalue weighted by Crippen LogP contribution is -2.47. The Morgan fingerprint density at radius 2 is 1.62 bits per heavy atom. The van der Waals surface area contributed by atoms with Gasteiger partial charge in [0, 0.05) is 105 Å². The van der Waals surface area contributed by atoms with Crippen molar-refractivity contribution < 1.29 is 67.5 Å². The van der Waals surface area contributed by atoms with Crippen LogP contribution >= 0.6 is 0 Å². The third kappa shape index (κ3) is 12.0. The number of hydrogen-bond acceptors (Lipinski definition) is 18. The van der Waals surface area contributed by atoms with Crippen molar-refractivity contribution in [2.45, 2.75) is 120 Å². The molecule has 19 nitrogen and oxygen atoms in total. The number of nitrogens with one attached hydrogen (secondary N) is 1. The molecule has 1 fully saturated rings. The largest absolute Gasteiger partial charge is 0.507 e. The van der Waals surface area contributed by atoms with Gasteiger partial charge in [-0.1, -0.05) is 66.7 Å². The highest BCUT2D eigenvalue weighted by molar-refractivity contribution is 6.22. The quantitative estimate of drug-likeness (QED) is 0.0284. The number of nitrogens with zero attached hydrogens (tertiary/aromatic N) is 3. The van der Waals surface area contributed by atoms with Crippen molar-refractivity contribution in [2.24, 2.45) is 41.4 Å². The van der Waals surface area contributed by atoms with Gasteiger partial charge in [0.2, 0.25) is 5.43 Å². The number of anilines is 2. The van der Waals surface area contributed by atoms with Crippen LogP contribution in [-0.4, -0.2) is 118 Å². The predicted molar refractivity (Wildman–Crippen MR) is 288 cm³/mol. The minimum absolute atomic E-state index is 0.00112. The molecule has 6 aliphatic rings. The summed E-state index contributed by atoms with van der Waals surface area (Å²) in [4.78, 5) is 103. The van der Waals surface area contributed by atoms with Crippen LogP contribution in [0.4, 0.5) is 11.4 Å². The van der Waals surface area contributed by atoms with Crippen LogP contribution < -0.4 is 25.1 Å². The van der Waals surface area contributed by atoms with Crippen molar-refractivity contribution in [3.8, 4) is 28.7 Å². The van der Waals surface area contributed by atoms with E-state index in [1.54, 1.807) is 51.1 Å². The summed E-state index contributed by atoms with van der Waals surface area (Å²) >= 11 is 0. The molecule has 2 aromatic carbocycles. The van der Waals surface area contributed by atoms with Crippen LogP contribution in [0.2, 0.25) is 0 Å². The van der Waals surface area contributed by atoms with E-state index in [-0.39, 0.29) is 75.4 Å². The van der Waals surface area contributed by atoms with Crippen molar-refractivity contribution in [2.75, 3.05) is 42.9 Å². The Bertz CT molecular complexity index is 3050. The first-order valence-corrected chi connectivity index (χ1v) is 26.4. The number of esters is 2. The molecule has 0 aromatic heterocycles. The van der Waals surface area contributed by atoms with Gasteiger partial charge in [-0.2, -0.15) is 0 Å². The number of amides is 1. The zero-order valence-corrected chi connectivity index (χ0v) is 45.7. The molecule has 1 saturated heterocycles. The molecular formula is C58H72N4O15. The van der Waals surface area contributed by atoms with E-state index in [4.69, 9.17) is 28.3 Å². The first-order valence-electron chi connectivity index (χ1n) is 26.4. The third-order valence-corrected chi connectivity index (χ3v) is 15.4. The number of phenolic OH excluding ortho intramolecular Hbond substituents is 1. The van der Waals surface area contributed by atoms with Gasteiger partial charge >= 0.3 is 17.7 Å². The third-order valence-electron chi connectivity index (χ3n) is 15.4. The summed E-state index contributed by atoms with van der Waals surface area (Å²) in [5, 5.41) is 37.3. The summed E-state index contributed by atoms with van der Waals surface area (Å²) in [5.41, 5.74) is -1.05. The van der Waals surface area contributed by atoms with Gasteiger partial charge in [-0.25, -0.2) is 4.98 Å². The van der Waals surface area contributed by atoms with Gasteiger partial charge in [0.25, 0.3) is 11.7 Å². The molecule has 5 bridgehead atoms. The molecule has 0 saturated carbocycles. The van der Waals surface area contributed by atoms with Gasteiger partial charge in [-0.15, -0.1) is 0 Å². The number of allylic oxidation sites excluding steroid dienone is 3. The average molecular weight is 1070 g/mol. The number of aldehydes is 2. The van der Waals surface area contributed by atoms with E-state index < -0.39 is 105 Å². The molecular weight excluding hydrogens is 993 g/mol. The van der Waals surface area contributed by atoms with Crippen molar-refractivity contribution in [3.63, 3.8) is 0 Å². The van der Waals surface area contributed by atoms with Crippen LogP contribution in [0.15, 0.2) is 57.5 Å². The highest BCUT2D eigenvalue weighted by Gasteiger charge is 2.50. The Balaban J connectivity index is 1.46. The molecule has 19 heteroatoms. The Kier molecular flexibility index (Phi) is 17.8. The topological polar surface area (TPSA) is 262 Å². The molecule has 0 unspecified atom stereocenters. The van der Waals surface area contributed by atoms with Crippen LogP contribution in [-0.2, 0) is 33.4 Å². The molecule has 77 heavy (non-hydrogen) atoms. The van der Waals surface area contributed by atoms with Crippen molar-refractivity contribution in [3.05, 3.63) is 69.6 Å². The molecule has 9 atom stereocenters. The number of aliphatic hydroxyl groups is 2. The molecule has 1 aliphatic carbocycles. The van der Waals surface area contributed by atoms with Gasteiger partial charge in [0.1, 0.15) is 47.1 Å². The number of aromatic nitrogens is 1. The first-order chi connectivity index (χ1) is 36.4. The minimum Gasteiger partial charge on any atom is -0.507 e. The monoisotopic (exact) mass is 1060 g/mol. The van der Waals surface area contributed by atoms with E-state index in [0.717, 1.165) is 19.6 Å². The number of carbonyl (C=O) groups is 6. The Labute approximate surface area is 447 Å². The van der Waals surface area contributed by atoms with E-state index >= 15 is 9.59 Å². The molecule has 414 valence electrons. The highest BCUT2D eigenvalue weighted by Crippen LogP contribution is 2.51. The normalized spacial score (nSPS) is 27.3. The fraction of sp³-hybridized carbons (Fsp3) is 0.517. The number of benzene rings is 3. The average Bonchev–Trinajstić information content (AvgIpc) is 3.82. The molecule has 2 aromatic rings. The Morgan fingerprint density at radius 3 is 2.27 bits per heavy atom. The molecule has 0 spiro atoms. The zero-order valence-electron chi connectivity index (χ0n) is 45.7. The lowest BCUT2D eigenvalue weighted by atomic mass is 9.77. The number of phenols is 1. The minimum atomic E-state index is -2.10. The summed E-state index contributed by atoms with van der Waals surface area (Å²) in [6.45, 7) is 22.3. The number of aliphatic hydroxyl groups excluding tert-OH is 2. The molecule has 5 heterocycles. The van der Waals surface area contributed by atoms with E-state index in [1.807, 2.05) is 13.8 Å². The Morgan fingerprint density at radius 1 is 0.935 bits per heavy atom. The Hall–Kier alpha value is -6.96. The van der Waals surface area contributed by atoms with Crippen molar-refractivity contribution in [1.29, 1.82) is 0 Å². The maximum Gasteiger partial charge on any atom is 0.312 e. The van der Waals surface area contributed by atoms with Crippen LogP contribution in [0.25, 0.3) is 33.3 Å². The number of ether oxygens (including phenoxy) is 4. The first kappa shape index (κ1) is 57.7. The second kappa shape index (κ2) is 23.7. The van der Waals surface area contributed by atoms with Crippen LogP contribution in [0.5, 0.6) is 17.2 Å². The van der Waals surface area contributed by atoms with Crippen molar-refractivity contribution in [1.82, 2.24) is 9.88 Å². The number of aromatic hydroxyl groups is 1. The van der Waals surface area contributed by atoms with Gasteiger partial charge < -0.3 is 58.5 Å². The van der Waals surface area contributed by atoms with E-state index in [1.165, 1.54) is 40.0 Å². The van der Waals surface area contributed by atoms with Crippen molar-refractivity contribution >= 4 is 69.4 Å². The number of ketones is 1. The number of hydrogen-bond donors (Lipinski definition) is 4. The number of fused-ring (bicyclic) bond motifs is 14. The van der Waals surface area contributed by atoms with Gasteiger partial charge in [-0.3, -0.25) is 28.9 Å². The lowest BCUT2D eigenvalue weighted by Gasteiger charge is -2.37. The van der Waals surface area contributed by atoms with E-state index in [2.05, 4.69) is 29.0 Å². The van der Waals surface area contributed by atoms with Gasteiger partial charge in [0.15, 0.2) is 17.1 Å². The fourth-order valence-corrected chi connectivity index (χ4v) is 10.5. The summed E-state index contributed by atoms with van der Waals surface area (Å²) in [7, 11) is 0. The molecule has 4 N–H and O–H groups in total. The number of piperazine rings is 1. The summed E-state index contributed by atoms with van der Waals surface area (Å²) < 4.78 is 31.0. The number of Topliss-reactive ketones (excluding diaryl/α,β-unsaturated/α-hetero) is 1. The smallest absolute Gasteiger partial charge is 0.312 e. The summed E-state index contributed by atoms with van der Waals surface area (Å²) in [5.74, 6) is -9.18. The standard InChI is InChI=1S/C58H72N4O15/c1-29(2)26-61-19-21-62(22-20-61)39-24-40(75-42(66)17-13-16-38(27-63)28-64)46-41(25-39)76-55-47(59-46)43-44-51(69)36(9)54-45(43)56(71)58(11,77-54)73-23-18-30(3)33(6)53(74-37(10)65)35(8)50(68)34(7)49(67)31(4)14-12-15-32(5)57(72)60-48(55)52(44)70/h12,14-15,18,23-25,27-31,33-35,38,49-50,53,67-69H,13,16-17,19-22,26H2,1-11H3,(H,60,72)/b14-12+,23-18+,32-15-/t30-,31-,33+,34+,35+,49-,50+,53+,58-/m0/s1. The molecule has 0 radical (unpaired) electrons. The summed E-state index contributed by atoms with van der Waals surface area (Å²) in [6, 6.07) is 3.32. The zero-order chi connectivity index (χ0) is 56.4. The van der Waals surface area contributed by atoms with Crippen LogP contribution in [0, 0.1) is 48.3 Å². The molecule has 1 amide bonds. The van der Waals surface area contributed by atoms with E-state index in [0.29, 0.717) is 37.3 Å². The maximum atomic E-state index is 15.1. The van der Waals surface area contributed by atoms with Gasteiger partial charge in [0.05, 0.1) is 35.3 Å². The van der Waals surface area contributed by atoms with Crippen LogP contribution in [0.1, 0.15) is 104 Å². The lowest BCUT2D eigenvalue weighted by molar-refractivity contribution is -0.158. The SMILES string of the molecule is CC(=O)O[C@H]1[C@H](C)[C@H](O)[C@H](C)[C@@H](O)[C@@H](C)/C=C/C=C(/C)C(=O)Nc2c3oc4cc(N5CCN(CC(C)C)CC5)cc(OC(=O)CCCC(C=O)C=O)c4nc-3c3c4c(c(C)c(O)c3c2=O)O[C@](C)(O/C=C/[C@H](C)[C@H]1C)C4=O. The highest BCUT2D eigenvalue weighted by atomic mass is 16.7.